The lowest BCUT2D eigenvalue weighted by molar-refractivity contribution is -0.862. The fourth-order valence-electron chi connectivity index (χ4n) is 1.55. The monoisotopic (exact) mass is 274 g/mol. The SMILES string of the molecule is CC(/C=C/c1ccc(C)cc1)=N/NC(=O)C[N+](C)(C)C. The lowest BCUT2D eigenvalue weighted by Crippen LogP contribution is -2.43. The molecule has 0 heterocycles. The van der Waals surface area contributed by atoms with E-state index in [1.165, 1.54) is 5.56 Å². The topological polar surface area (TPSA) is 41.5 Å². The summed E-state index contributed by atoms with van der Waals surface area (Å²) in [5.74, 6) is -0.0828. The number of likely N-dealkylation sites (N-methyl/N-ethyl adjacent to an activating group) is 1. The maximum absolute atomic E-state index is 11.6. The van der Waals surface area contributed by atoms with Crippen LogP contribution in [0.2, 0.25) is 0 Å². The fourth-order valence-corrected chi connectivity index (χ4v) is 1.55. The van der Waals surface area contributed by atoms with Crippen LogP contribution in [-0.2, 0) is 4.79 Å². The van der Waals surface area contributed by atoms with E-state index >= 15 is 0 Å². The maximum atomic E-state index is 11.6. The number of hydrogen-bond donors (Lipinski definition) is 1. The van der Waals surface area contributed by atoms with Crippen molar-refractivity contribution in [2.45, 2.75) is 13.8 Å². The van der Waals surface area contributed by atoms with Gasteiger partial charge in [0.1, 0.15) is 0 Å². The number of allylic oxidation sites excluding steroid dienone is 1. The van der Waals surface area contributed by atoms with Crippen LogP contribution in [0.5, 0.6) is 0 Å². The summed E-state index contributed by atoms with van der Waals surface area (Å²) < 4.78 is 0.583. The maximum Gasteiger partial charge on any atom is 0.295 e. The molecule has 1 rings (SSSR count). The Balaban J connectivity index is 2.53. The Labute approximate surface area is 121 Å². The van der Waals surface area contributed by atoms with Gasteiger partial charge in [0, 0.05) is 0 Å². The molecule has 1 aromatic carbocycles. The third kappa shape index (κ3) is 6.85. The van der Waals surface area contributed by atoms with Gasteiger partial charge in [0.05, 0.1) is 26.9 Å². The summed E-state index contributed by atoms with van der Waals surface area (Å²) in [6, 6.07) is 8.23. The van der Waals surface area contributed by atoms with Crippen LogP contribution < -0.4 is 5.43 Å². The number of nitrogens with one attached hydrogen (secondary N) is 1. The predicted molar refractivity (Wildman–Crippen MR) is 84.4 cm³/mol. The van der Waals surface area contributed by atoms with E-state index in [4.69, 9.17) is 0 Å². The quantitative estimate of drug-likeness (QED) is 0.499. The molecule has 0 spiro atoms. The van der Waals surface area contributed by atoms with Crippen LogP contribution in [-0.4, -0.2) is 43.8 Å². The van der Waals surface area contributed by atoms with Crippen molar-refractivity contribution in [1.29, 1.82) is 0 Å². The molecule has 0 aromatic heterocycles. The van der Waals surface area contributed by atoms with Crippen molar-refractivity contribution in [2.24, 2.45) is 5.10 Å². The molecule has 0 saturated carbocycles. The van der Waals surface area contributed by atoms with Gasteiger partial charge in [0.15, 0.2) is 6.54 Å². The third-order valence-electron chi connectivity index (χ3n) is 2.57. The second-order valence-corrected chi connectivity index (χ2v) is 5.98. The molecule has 4 heteroatoms. The molecule has 0 radical (unpaired) electrons. The van der Waals surface area contributed by atoms with Gasteiger partial charge in [-0.2, -0.15) is 5.10 Å². The van der Waals surface area contributed by atoms with Gasteiger partial charge in [0.2, 0.25) is 0 Å². The van der Waals surface area contributed by atoms with Crippen LogP contribution in [0.25, 0.3) is 6.08 Å². The first-order valence-electron chi connectivity index (χ1n) is 6.64. The van der Waals surface area contributed by atoms with Crippen molar-refractivity contribution >= 4 is 17.7 Å². The summed E-state index contributed by atoms with van der Waals surface area (Å²) >= 11 is 0. The largest absolute Gasteiger partial charge is 0.323 e. The lowest BCUT2D eigenvalue weighted by atomic mass is 10.1. The Morgan fingerprint density at radius 2 is 1.85 bits per heavy atom. The average Bonchev–Trinajstić information content (AvgIpc) is 2.33. The summed E-state index contributed by atoms with van der Waals surface area (Å²) in [5, 5.41) is 4.06. The number of aryl methyl sites for hydroxylation is 1. The molecular weight excluding hydrogens is 250 g/mol. The van der Waals surface area contributed by atoms with E-state index in [1.54, 1.807) is 0 Å². The van der Waals surface area contributed by atoms with E-state index in [9.17, 15) is 4.79 Å². The standard InChI is InChI=1S/C16H23N3O/c1-13-6-9-15(10-7-13)11-8-14(2)17-18-16(20)12-19(3,4)5/h6-11H,12H2,1-5H3/p+1/b11-8+,17-14-. The second kappa shape index (κ2) is 7.01. The molecule has 1 N–H and O–H groups in total. The summed E-state index contributed by atoms with van der Waals surface area (Å²) in [4.78, 5) is 11.6. The average molecular weight is 274 g/mol. The van der Waals surface area contributed by atoms with Crippen molar-refractivity contribution in [3.8, 4) is 0 Å². The van der Waals surface area contributed by atoms with Gasteiger partial charge >= 0.3 is 0 Å². The smallest absolute Gasteiger partial charge is 0.295 e. The van der Waals surface area contributed by atoms with Crippen LogP contribution >= 0.6 is 0 Å². The normalized spacial score (nSPS) is 12.8. The van der Waals surface area contributed by atoms with E-state index in [1.807, 2.05) is 40.2 Å². The molecule has 0 bridgehead atoms. The van der Waals surface area contributed by atoms with Crippen molar-refractivity contribution in [1.82, 2.24) is 5.43 Å². The van der Waals surface area contributed by atoms with E-state index in [2.05, 4.69) is 41.7 Å². The molecule has 20 heavy (non-hydrogen) atoms. The molecule has 1 aromatic rings. The predicted octanol–water partition coefficient (Wildman–Crippen LogP) is 2.21. The van der Waals surface area contributed by atoms with E-state index in [-0.39, 0.29) is 5.91 Å². The van der Waals surface area contributed by atoms with Gasteiger partial charge in [0.25, 0.3) is 5.91 Å². The molecule has 0 unspecified atom stereocenters. The highest BCUT2D eigenvalue weighted by Crippen LogP contribution is 2.04. The molecule has 0 atom stereocenters. The van der Waals surface area contributed by atoms with Gasteiger partial charge in [-0.15, -0.1) is 0 Å². The Morgan fingerprint density at radius 3 is 2.40 bits per heavy atom. The van der Waals surface area contributed by atoms with Crippen LogP contribution in [0.3, 0.4) is 0 Å². The van der Waals surface area contributed by atoms with Crippen LogP contribution in [0.4, 0.5) is 0 Å². The second-order valence-electron chi connectivity index (χ2n) is 5.98. The van der Waals surface area contributed by atoms with E-state index < -0.39 is 0 Å². The minimum absolute atomic E-state index is 0.0828. The van der Waals surface area contributed by atoms with Gasteiger partial charge < -0.3 is 4.48 Å². The zero-order chi connectivity index (χ0) is 15.2. The van der Waals surface area contributed by atoms with Crippen molar-refractivity contribution in [3.05, 3.63) is 41.5 Å². The minimum Gasteiger partial charge on any atom is -0.323 e. The van der Waals surface area contributed by atoms with Crippen LogP contribution in [0.1, 0.15) is 18.1 Å². The molecular formula is C16H24N3O+. The Bertz CT molecular complexity index is 508. The molecule has 1 amide bonds. The zero-order valence-corrected chi connectivity index (χ0v) is 13.0. The number of benzene rings is 1. The van der Waals surface area contributed by atoms with E-state index in [0.717, 1.165) is 11.3 Å². The summed E-state index contributed by atoms with van der Waals surface area (Å²) in [6.07, 6.45) is 3.86. The van der Waals surface area contributed by atoms with Gasteiger partial charge in [-0.1, -0.05) is 35.9 Å². The van der Waals surface area contributed by atoms with E-state index in [0.29, 0.717) is 11.0 Å². The number of amides is 1. The summed E-state index contributed by atoms with van der Waals surface area (Å²) in [5.41, 5.74) is 5.68. The molecule has 0 aliphatic heterocycles. The first kappa shape index (κ1) is 16.1. The Morgan fingerprint density at radius 1 is 1.25 bits per heavy atom. The van der Waals surface area contributed by atoms with Crippen LogP contribution in [0, 0.1) is 6.92 Å². The zero-order valence-electron chi connectivity index (χ0n) is 13.0. The van der Waals surface area contributed by atoms with Crippen molar-refractivity contribution < 1.29 is 9.28 Å². The minimum atomic E-state index is -0.0828. The van der Waals surface area contributed by atoms with Gasteiger partial charge in [-0.25, -0.2) is 5.43 Å². The highest BCUT2D eigenvalue weighted by atomic mass is 16.2. The summed E-state index contributed by atoms with van der Waals surface area (Å²) in [7, 11) is 5.90. The number of hydrazone groups is 1. The number of rotatable bonds is 5. The highest BCUT2D eigenvalue weighted by molar-refractivity contribution is 5.97. The molecule has 0 saturated heterocycles. The molecule has 0 aliphatic rings. The third-order valence-corrected chi connectivity index (χ3v) is 2.57. The first-order chi connectivity index (χ1) is 9.26. The molecule has 0 fully saturated rings. The Hall–Kier alpha value is -1.94. The lowest BCUT2D eigenvalue weighted by Gasteiger charge is -2.22. The number of nitrogens with zero attached hydrogens (tertiary/aromatic N) is 2. The number of hydrogen-bond acceptors (Lipinski definition) is 2. The van der Waals surface area contributed by atoms with Gasteiger partial charge in [-0.3, -0.25) is 4.79 Å². The molecule has 0 aliphatic carbocycles. The fraction of sp³-hybridized carbons (Fsp3) is 0.375. The number of carbonyl (C=O) groups is 1. The van der Waals surface area contributed by atoms with Crippen molar-refractivity contribution in [3.63, 3.8) is 0 Å². The first-order valence-corrected chi connectivity index (χ1v) is 6.64. The number of carbonyl (C=O) groups excluding carboxylic acids is 1. The van der Waals surface area contributed by atoms with Crippen LogP contribution in [0.15, 0.2) is 35.4 Å². The Kier molecular flexibility index (Phi) is 5.65. The number of quaternary nitrogens is 1. The molecule has 4 nitrogen and oxygen atoms in total. The summed E-state index contributed by atoms with van der Waals surface area (Å²) in [6.45, 7) is 4.32. The van der Waals surface area contributed by atoms with Gasteiger partial charge in [-0.05, 0) is 25.5 Å². The molecule has 108 valence electrons. The van der Waals surface area contributed by atoms with Crippen molar-refractivity contribution in [2.75, 3.05) is 27.7 Å². The highest BCUT2D eigenvalue weighted by Gasteiger charge is 2.13.